The van der Waals surface area contributed by atoms with Crippen LogP contribution in [0.5, 0.6) is 0 Å². The van der Waals surface area contributed by atoms with Gasteiger partial charge < -0.3 is 18.9 Å². The number of likely N-dealkylation sites (N-methyl/N-ethyl adjacent to an activating group) is 1. The number of esters is 1. The summed E-state index contributed by atoms with van der Waals surface area (Å²) in [5.74, 6) is -0.350. The lowest BCUT2D eigenvalue weighted by Crippen LogP contribution is -2.37. The monoisotopic (exact) mass is 805 g/mol. The third-order valence-corrected chi connectivity index (χ3v) is 9.71. The van der Waals surface area contributed by atoms with Crippen LogP contribution in [0.1, 0.15) is 149 Å². The highest BCUT2D eigenvalue weighted by atomic mass is 31.2. The second-order valence-electron chi connectivity index (χ2n) is 15.3. The Morgan fingerprint density at radius 1 is 0.571 bits per heavy atom. The molecule has 2 unspecified atom stereocenters. The standard InChI is InChI=1S/C47H82NO7P/c1-6-8-10-12-14-16-17-18-19-20-21-22-23-24-25-26-27-28-29-30-31-32-34-36-38-40-47(49)55-46(45-54-56(50,51)53-43-41-48(3,4)5)44-52-42-39-37-35-33-15-13-11-9-7-2/h8,10,14,16,18-19,21-22,24-25,27-28,30-31,46H,6-7,9,11-13,15,17,20,23,26,29,32-45H2,1-5H3/p+1/b10-8-,16-14-,19-18-,22-21-,25-24-,28-27-,31-30-. The van der Waals surface area contributed by atoms with Gasteiger partial charge in [-0.25, -0.2) is 4.57 Å². The van der Waals surface area contributed by atoms with Gasteiger partial charge in [0, 0.05) is 13.0 Å². The van der Waals surface area contributed by atoms with Crippen molar-refractivity contribution in [2.45, 2.75) is 155 Å². The maximum Gasteiger partial charge on any atom is 0.472 e. The highest BCUT2D eigenvalue weighted by Crippen LogP contribution is 2.43. The first-order valence-corrected chi connectivity index (χ1v) is 23.3. The summed E-state index contributed by atoms with van der Waals surface area (Å²) in [6.45, 7) is 5.42. The average Bonchev–Trinajstić information content (AvgIpc) is 3.15. The van der Waals surface area contributed by atoms with E-state index in [0.29, 0.717) is 17.6 Å². The van der Waals surface area contributed by atoms with E-state index < -0.39 is 13.9 Å². The number of carbonyl (C=O) groups is 1. The number of carbonyl (C=O) groups excluding carboxylic acids is 1. The lowest BCUT2D eigenvalue weighted by Gasteiger charge is -2.24. The van der Waals surface area contributed by atoms with E-state index in [1.54, 1.807) is 0 Å². The Kier molecular flexibility index (Phi) is 37.9. The topological polar surface area (TPSA) is 91.3 Å². The number of phosphoric acid groups is 1. The third kappa shape index (κ3) is 42.8. The van der Waals surface area contributed by atoms with Crippen LogP contribution in [-0.2, 0) is 27.9 Å². The minimum Gasteiger partial charge on any atom is -0.457 e. The van der Waals surface area contributed by atoms with Crippen molar-refractivity contribution in [3.05, 3.63) is 85.1 Å². The van der Waals surface area contributed by atoms with Gasteiger partial charge in [-0.1, -0.05) is 157 Å². The zero-order valence-electron chi connectivity index (χ0n) is 36.3. The van der Waals surface area contributed by atoms with E-state index in [2.05, 4.69) is 98.9 Å². The molecule has 0 aliphatic rings. The Morgan fingerprint density at radius 2 is 1.04 bits per heavy atom. The number of unbranched alkanes of at least 4 members (excludes halogenated alkanes) is 11. The Morgan fingerprint density at radius 3 is 1.54 bits per heavy atom. The molecule has 0 aromatic heterocycles. The molecule has 0 amide bonds. The quantitative estimate of drug-likeness (QED) is 0.0217. The smallest absolute Gasteiger partial charge is 0.457 e. The summed E-state index contributed by atoms with van der Waals surface area (Å²) in [6.07, 6.45) is 51.9. The molecule has 0 aliphatic heterocycles. The van der Waals surface area contributed by atoms with Crippen molar-refractivity contribution in [3.8, 4) is 0 Å². The van der Waals surface area contributed by atoms with Crippen LogP contribution >= 0.6 is 7.82 Å². The van der Waals surface area contributed by atoms with Gasteiger partial charge in [-0.3, -0.25) is 13.8 Å². The summed E-state index contributed by atoms with van der Waals surface area (Å²) >= 11 is 0. The number of quaternary nitrogens is 1. The van der Waals surface area contributed by atoms with Crippen LogP contribution in [0.15, 0.2) is 85.1 Å². The molecule has 0 aromatic carbocycles. The van der Waals surface area contributed by atoms with E-state index in [4.69, 9.17) is 18.5 Å². The highest BCUT2D eigenvalue weighted by Gasteiger charge is 2.26. The molecule has 0 aromatic rings. The SMILES string of the molecule is CC/C=C\C/C=C\C/C=C\C/C=C\C/C=C\C/C=C\C/C=C\CCCCCC(=O)OC(COCCCCCCCCCCC)COP(=O)(O)OCC[N+](C)(C)C. The first-order valence-electron chi connectivity index (χ1n) is 21.8. The Labute approximate surface area is 344 Å². The molecule has 0 spiro atoms. The van der Waals surface area contributed by atoms with Crippen molar-refractivity contribution in [1.82, 2.24) is 0 Å². The van der Waals surface area contributed by atoms with Gasteiger partial charge in [-0.05, 0) is 70.6 Å². The molecular weight excluding hydrogens is 721 g/mol. The van der Waals surface area contributed by atoms with E-state index in [1.165, 1.54) is 44.9 Å². The van der Waals surface area contributed by atoms with E-state index in [1.807, 2.05) is 21.1 Å². The molecule has 0 fully saturated rings. The van der Waals surface area contributed by atoms with Crippen molar-refractivity contribution >= 4 is 13.8 Å². The fourth-order valence-electron chi connectivity index (χ4n) is 5.35. The number of rotatable bonds is 39. The first-order chi connectivity index (χ1) is 27.1. The zero-order valence-corrected chi connectivity index (χ0v) is 37.2. The molecule has 0 bridgehead atoms. The van der Waals surface area contributed by atoms with Gasteiger partial charge in [0.15, 0.2) is 0 Å². The predicted octanol–water partition coefficient (Wildman–Crippen LogP) is 12.9. The van der Waals surface area contributed by atoms with E-state index in [9.17, 15) is 14.3 Å². The summed E-state index contributed by atoms with van der Waals surface area (Å²) in [5, 5.41) is 0. The Hall–Kier alpha value is -2.32. The van der Waals surface area contributed by atoms with Crippen molar-refractivity contribution in [2.75, 3.05) is 54.1 Å². The van der Waals surface area contributed by atoms with Crippen molar-refractivity contribution in [1.29, 1.82) is 0 Å². The van der Waals surface area contributed by atoms with Crippen molar-refractivity contribution < 1.29 is 37.3 Å². The van der Waals surface area contributed by atoms with Crippen LogP contribution in [0.3, 0.4) is 0 Å². The molecule has 8 nitrogen and oxygen atoms in total. The van der Waals surface area contributed by atoms with Crippen LogP contribution in [0, 0.1) is 0 Å². The maximum absolute atomic E-state index is 12.7. The van der Waals surface area contributed by atoms with Gasteiger partial charge in [0.25, 0.3) is 0 Å². The zero-order chi connectivity index (χ0) is 41.3. The molecule has 2 atom stereocenters. The van der Waals surface area contributed by atoms with Gasteiger partial charge in [-0.15, -0.1) is 0 Å². The number of hydrogen-bond donors (Lipinski definition) is 1. The number of nitrogens with zero attached hydrogens (tertiary/aromatic N) is 1. The molecule has 56 heavy (non-hydrogen) atoms. The van der Waals surface area contributed by atoms with Crippen LogP contribution in [0.25, 0.3) is 0 Å². The van der Waals surface area contributed by atoms with Crippen molar-refractivity contribution in [2.24, 2.45) is 0 Å². The molecule has 1 N–H and O–H groups in total. The van der Waals surface area contributed by atoms with Crippen LogP contribution in [0.2, 0.25) is 0 Å². The average molecular weight is 805 g/mol. The Balaban J connectivity index is 4.25. The first kappa shape index (κ1) is 53.7. The maximum atomic E-state index is 12.7. The molecular formula is C47H83NO7P+. The van der Waals surface area contributed by atoms with Gasteiger partial charge in [0.05, 0.1) is 34.4 Å². The lowest BCUT2D eigenvalue weighted by molar-refractivity contribution is -0.870. The summed E-state index contributed by atoms with van der Waals surface area (Å²) in [4.78, 5) is 22.8. The fourth-order valence-corrected chi connectivity index (χ4v) is 6.10. The van der Waals surface area contributed by atoms with Crippen molar-refractivity contribution in [3.63, 3.8) is 0 Å². The van der Waals surface area contributed by atoms with Gasteiger partial charge >= 0.3 is 13.8 Å². The highest BCUT2D eigenvalue weighted by molar-refractivity contribution is 7.47. The van der Waals surface area contributed by atoms with Gasteiger partial charge in [-0.2, -0.15) is 0 Å². The second-order valence-corrected chi connectivity index (χ2v) is 16.8. The minimum absolute atomic E-state index is 0.0779. The molecule has 0 saturated heterocycles. The summed E-state index contributed by atoms with van der Waals surface area (Å²) in [7, 11) is 1.63. The third-order valence-electron chi connectivity index (χ3n) is 8.72. The summed E-state index contributed by atoms with van der Waals surface area (Å²) < 4.78 is 34.8. The molecule has 0 rings (SSSR count). The Bertz CT molecular complexity index is 1170. The van der Waals surface area contributed by atoms with Crippen LogP contribution in [-0.4, -0.2) is 75.6 Å². The molecule has 0 saturated carbocycles. The summed E-state index contributed by atoms with van der Waals surface area (Å²) in [6, 6.07) is 0. The molecule has 0 radical (unpaired) electrons. The number of phosphoric ester groups is 1. The molecule has 0 aliphatic carbocycles. The summed E-state index contributed by atoms with van der Waals surface area (Å²) in [5.41, 5.74) is 0. The van der Waals surface area contributed by atoms with E-state index in [-0.39, 0.29) is 32.2 Å². The predicted molar refractivity (Wildman–Crippen MR) is 238 cm³/mol. The van der Waals surface area contributed by atoms with Gasteiger partial charge in [0.2, 0.25) is 0 Å². The van der Waals surface area contributed by atoms with Crippen LogP contribution in [0.4, 0.5) is 0 Å². The number of allylic oxidation sites excluding steroid dienone is 14. The largest absolute Gasteiger partial charge is 0.472 e. The van der Waals surface area contributed by atoms with E-state index in [0.717, 1.165) is 83.5 Å². The number of hydrogen-bond acceptors (Lipinski definition) is 6. The normalized spacial score (nSPS) is 14.6. The molecule has 0 heterocycles. The second kappa shape index (κ2) is 39.5. The lowest BCUT2D eigenvalue weighted by atomic mass is 10.1. The van der Waals surface area contributed by atoms with E-state index >= 15 is 0 Å². The molecule has 322 valence electrons. The fraction of sp³-hybridized carbons (Fsp3) is 0.681. The minimum atomic E-state index is -4.28. The van der Waals surface area contributed by atoms with Gasteiger partial charge in [0.1, 0.15) is 19.3 Å². The number of ether oxygens (including phenoxy) is 2. The molecule has 9 heteroatoms. The van der Waals surface area contributed by atoms with Crippen LogP contribution < -0.4 is 0 Å².